The SMILES string of the molecule is CC(C)(c1cccc(-c2cccc(Cl)c2)n1)c1cccc(-c2cccc(Cl)c2)n1. The largest absolute Gasteiger partial charge is 0.252 e. The molecule has 2 aromatic carbocycles. The number of rotatable bonds is 4. The summed E-state index contributed by atoms with van der Waals surface area (Å²) in [6.45, 7) is 4.28. The van der Waals surface area contributed by atoms with Gasteiger partial charge in [0.15, 0.2) is 0 Å². The predicted molar refractivity (Wildman–Crippen MR) is 121 cm³/mol. The van der Waals surface area contributed by atoms with E-state index in [0.29, 0.717) is 10.0 Å². The number of aromatic nitrogens is 2. The zero-order chi connectivity index (χ0) is 20.4. The lowest BCUT2D eigenvalue weighted by molar-refractivity contribution is 0.597. The van der Waals surface area contributed by atoms with Crippen LogP contribution in [0.4, 0.5) is 0 Å². The van der Waals surface area contributed by atoms with Gasteiger partial charge in [-0.05, 0) is 62.4 Å². The van der Waals surface area contributed by atoms with E-state index in [1.165, 1.54) is 0 Å². The van der Waals surface area contributed by atoms with Crippen molar-refractivity contribution in [3.63, 3.8) is 0 Å². The molecule has 4 aromatic rings. The summed E-state index contributed by atoms with van der Waals surface area (Å²) in [5.41, 5.74) is 5.31. The fraction of sp³-hybridized carbons (Fsp3) is 0.120. The number of hydrogen-bond acceptors (Lipinski definition) is 2. The summed E-state index contributed by atoms with van der Waals surface area (Å²) in [6, 6.07) is 27.6. The minimum Gasteiger partial charge on any atom is -0.252 e. The standard InChI is InChI=1S/C25H20Cl2N2/c1-25(2,23-13-5-11-21(28-23)17-7-3-9-19(26)15-17)24-14-6-12-22(29-24)18-8-4-10-20(27)16-18/h3-16H,1-2H3. The van der Waals surface area contributed by atoms with Crippen molar-refractivity contribution in [3.8, 4) is 22.5 Å². The smallest absolute Gasteiger partial charge is 0.0706 e. The normalized spacial score (nSPS) is 11.4. The van der Waals surface area contributed by atoms with Crippen molar-refractivity contribution < 1.29 is 0 Å². The molecule has 0 saturated heterocycles. The molecule has 0 N–H and O–H groups in total. The average Bonchev–Trinajstić information content (AvgIpc) is 2.74. The van der Waals surface area contributed by atoms with E-state index in [4.69, 9.17) is 33.2 Å². The summed E-state index contributed by atoms with van der Waals surface area (Å²) in [6.07, 6.45) is 0. The molecule has 144 valence electrons. The average molecular weight is 419 g/mol. The van der Waals surface area contributed by atoms with Gasteiger partial charge in [-0.2, -0.15) is 0 Å². The Morgan fingerprint density at radius 2 is 1.00 bits per heavy atom. The molecule has 2 aromatic heterocycles. The summed E-state index contributed by atoms with van der Waals surface area (Å²) in [5.74, 6) is 0. The number of halogens is 2. The molecular formula is C25H20Cl2N2. The van der Waals surface area contributed by atoms with Gasteiger partial charge in [0.25, 0.3) is 0 Å². The van der Waals surface area contributed by atoms with E-state index in [-0.39, 0.29) is 5.41 Å². The van der Waals surface area contributed by atoms with Crippen LogP contribution in [0.15, 0.2) is 84.9 Å². The van der Waals surface area contributed by atoms with Crippen LogP contribution in [-0.2, 0) is 5.41 Å². The molecule has 0 radical (unpaired) electrons. The molecule has 4 rings (SSSR count). The molecule has 0 saturated carbocycles. The second-order valence-electron chi connectivity index (χ2n) is 7.46. The molecule has 2 nitrogen and oxygen atoms in total. The molecule has 2 heterocycles. The Balaban J connectivity index is 1.74. The zero-order valence-corrected chi connectivity index (χ0v) is 17.7. The van der Waals surface area contributed by atoms with Crippen molar-refractivity contribution >= 4 is 23.2 Å². The maximum Gasteiger partial charge on any atom is 0.0706 e. The van der Waals surface area contributed by atoms with Crippen molar-refractivity contribution in [3.05, 3.63) is 106 Å². The first-order chi connectivity index (χ1) is 13.9. The van der Waals surface area contributed by atoms with Crippen molar-refractivity contribution in [1.82, 2.24) is 9.97 Å². The fourth-order valence-electron chi connectivity index (χ4n) is 3.31. The van der Waals surface area contributed by atoms with E-state index in [9.17, 15) is 0 Å². The van der Waals surface area contributed by atoms with Crippen LogP contribution >= 0.6 is 23.2 Å². The van der Waals surface area contributed by atoms with Crippen LogP contribution in [0.1, 0.15) is 25.2 Å². The summed E-state index contributed by atoms with van der Waals surface area (Å²) >= 11 is 12.3. The number of pyridine rings is 2. The molecule has 4 heteroatoms. The highest BCUT2D eigenvalue weighted by atomic mass is 35.5. The minimum atomic E-state index is -0.372. The Hall–Kier alpha value is -2.68. The van der Waals surface area contributed by atoms with Crippen molar-refractivity contribution in [2.75, 3.05) is 0 Å². The first kappa shape index (κ1) is 19.6. The third-order valence-electron chi connectivity index (χ3n) is 5.02. The van der Waals surface area contributed by atoms with Gasteiger partial charge in [-0.3, -0.25) is 9.97 Å². The van der Waals surface area contributed by atoms with Crippen LogP contribution in [0.5, 0.6) is 0 Å². The number of nitrogens with zero attached hydrogens (tertiary/aromatic N) is 2. The molecule has 29 heavy (non-hydrogen) atoms. The van der Waals surface area contributed by atoms with Gasteiger partial charge < -0.3 is 0 Å². The van der Waals surface area contributed by atoms with E-state index in [2.05, 4.69) is 13.8 Å². The molecule has 0 aliphatic heterocycles. The van der Waals surface area contributed by atoms with Gasteiger partial charge in [-0.15, -0.1) is 0 Å². The summed E-state index contributed by atoms with van der Waals surface area (Å²) in [4.78, 5) is 9.86. The van der Waals surface area contributed by atoms with E-state index in [1.807, 2.05) is 84.9 Å². The van der Waals surface area contributed by atoms with Crippen LogP contribution in [-0.4, -0.2) is 9.97 Å². The van der Waals surface area contributed by atoms with E-state index in [1.54, 1.807) is 0 Å². The van der Waals surface area contributed by atoms with E-state index < -0.39 is 0 Å². The Kier molecular flexibility index (Phi) is 5.40. The van der Waals surface area contributed by atoms with Gasteiger partial charge in [-0.25, -0.2) is 0 Å². The van der Waals surface area contributed by atoms with E-state index >= 15 is 0 Å². The van der Waals surface area contributed by atoms with Crippen LogP contribution in [0.3, 0.4) is 0 Å². The summed E-state index contributed by atoms with van der Waals surface area (Å²) < 4.78 is 0. The lowest BCUT2D eigenvalue weighted by Gasteiger charge is -2.25. The topological polar surface area (TPSA) is 25.8 Å². The summed E-state index contributed by atoms with van der Waals surface area (Å²) in [7, 11) is 0. The maximum atomic E-state index is 6.16. The third-order valence-corrected chi connectivity index (χ3v) is 5.49. The van der Waals surface area contributed by atoms with Crippen LogP contribution in [0.25, 0.3) is 22.5 Å². The fourth-order valence-corrected chi connectivity index (χ4v) is 3.69. The monoisotopic (exact) mass is 418 g/mol. The van der Waals surface area contributed by atoms with Gasteiger partial charge in [0, 0.05) is 26.6 Å². The van der Waals surface area contributed by atoms with Crippen molar-refractivity contribution in [2.45, 2.75) is 19.3 Å². The molecule has 0 aliphatic carbocycles. The van der Waals surface area contributed by atoms with Gasteiger partial charge in [0.2, 0.25) is 0 Å². The molecule has 0 spiro atoms. The molecular weight excluding hydrogens is 399 g/mol. The number of hydrogen-bond donors (Lipinski definition) is 0. The molecule has 0 amide bonds. The molecule has 0 fully saturated rings. The Morgan fingerprint density at radius 1 is 0.586 bits per heavy atom. The summed E-state index contributed by atoms with van der Waals surface area (Å²) in [5, 5.41) is 1.40. The first-order valence-electron chi connectivity index (χ1n) is 9.40. The Morgan fingerprint density at radius 3 is 1.41 bits per heavy atom. The van der Waals surface area contributed by atoms with Crippen molar-refractivity contribution in [1.29, 1.82) is 0 Å². The van der Waals surface area contributed by atoms with E-state index in [0.717, 1.165) is 33.9 Å². The second-order valence-corrected chi connectivity index (χ2v) is 8.33. The first-order valence-corrected chi connectivity index (χ1v) is 10.2. The van der Waals surface area contributed by atoms with Crippen LogP contribution in [0.2, 0.25) is 10.0 Å². The van der Waals surface area contributed by atoms with Gasteiger partial charge >= 0.3 is 0 Å². The highest BCUT2D eigenvalue weighted by Gasteiger charge is 2.27. The molecule has 0 aliphatic rings. The zero-order valence-electron chi connectivity index (χ0n) is 16.2. The lowest BCUT2D eigenvalue weighted by Crippen LogP contribution is -2.22. The Bertz CT molecular complexity index is 1080. The van der Waals surface area contributed by atoms with Gasteiger partial charge in [0.1, 0.15) is 0 Å². The molecule has 0 unspecified atom stereocenters. The minimum absolute atomic E-state index is 0.372. The Labute approximate surface area is 181 Å². The van der Waals surface area contributed by atoms with Gasteiger partial charge in [0.05, 0.1) is 22.8 Å². The molecule has 0 atom stereocenters. The third kappa shape index (κ3) is 4.19. The maximum absolute atomic E-state index is 6.16. The van der Waals surface area contributed by atoms with Crippen molar-refractivity contribution in [2.24, 2.45) is 0 Å². The highest BCUT2D eigenvalue weighted by molar-refractivity contribution is 6.31. The highest BCUT2D eigenvalue weighted by Crippen LogP contribution is 2.32. The van der Waals surface area contributed by atoms with Crippen LogP contribution < -0.4 is 0 Å². The second kappa shape index (κ2) is 7.98. The molecule has 0 bridgehead atoms. The quantitative estimate of drug-likeness (QED) is 0.343. The van der Waals surface area contributed by atoms with Gasteiger partial charge in [-0.1, -0.05) is 59.6 Å². The predicted octanol–water partition coefficient (Wildman–Crippen LogP) is 7.44. The van der Waals surface area contributed by atoms with Crippen LogP contribution in [0, 0.1) is 0 Å². The lowest BCUT2D eigenvalue weighted by atomic mass is 9.84. The number of benzene rings is 2.